The minimum Gasteiger partial charge on any atom is -0.254 e. The second kappa shape index (κ2) is 6.89. The smallest absolute Gasteiger partial charge is 0.241 e. The van der Waals surface area contributed by atoms with E-state index >= 15 is 0 Å². The Labute approximate surface area is 153 Å². The van der Waals surface area contributed by atoms with E-state index < -0.39 is 0 Å². The minimum atomic E-state index is 0.842. The highest BCUT2D eigenvalue weighted by atomic mass is 15.2. The number of aromatic nitrogens is 2. The first-order chi connectivity index (χ1) is 12.7. The summed E-state index contributed by atoms with van der Waals surface area (Å²) < 4.78 is 1.90. The second-order valence-electron chi connectivity index (χ2n) is 6.35. The van der Waals surface area contributed by atoms with E-state index in [2.05, 4.69) is 59.5 Å². The van der Waals surface area contributed by atoms with Gasteiger partial charge < -0.3 is 0 Å². The molecule has 0 fully saturated rings. The number of aliphatic imine (C=N–C) groups is 1. The largest absolute Gasteiger partial charge is 0.254 e. The van der Waals surface area contributed by atoms with Gasteiger partial charge in [-0.25, -0.2) is 0 Å². The van der Waals surface area contributed by atoms with Crippen molar-refractivity contribution < 1.29 is 4.68 Å². The van der Waals surface area contributed by atoms with E-state index in [1.165, 1.54) is 21.9 Å². The minimum absolute atomic E-state index is 0.842. The maximum absolute atomic E-state index is 4.59. The van der Waals surface area contributed by atoms with Crippen molar-refractivity contribution in [3.63, 3.8) is 0 Å². The number of rotatable bonds is 3. The van der Waals surface area contributed by atoms with Crippen LogP contribution in [-0.2, 0) is 7.05 Å². The summed E-state index contributed by atoms with van der Waals surface area (Å²) in [5, 5.41) is 7.01. The van der Waals surface area contributed by atoms with E-state index in [-0.39, 0.29) is 0 Å². The van der Waals surface area contributed by atoms with Gasteiger partial charge in [-0.1, -0.05) is 65.3 Å². The predicted molar refractivity (Wildman–Crippen MR) is 107 cm³/mol. The van der Waals surface area contributed by atoms with Gasteiger partial charge in [0.1, 0.15) is 6.20 Å². The first-order valence-electron chi connectivity index (χ1n) is 8.66. The Morgan fingerprint density at radius 3 is 2.54 bits per heavy atom. The highest BCUT2D eigenvalue weighted by Crippen LogP contribution is 2.29. The Bertz CT molecular complexity index is 1100. The van der Waals surface area contributed by atoms with Crippen LogP contribution in [0, 0.1) is 6.92 Å². The lowest BCUT2D eigenvalue weighted by Crippen LogP contribution is -2.35. The Balaban J connectivity index is 1.78. The zero-order chi connectivity index (χ0) is 17.9. The molecule has 0 aliphatic rings. The van der Waals surface area contributed by atoms with Crippen LogP contribution in [0.2, 0.25) is 0 Å². The lowest BCUT2D eigenvalue weighted by molar-refractivity contribution is -0.720. The summed E-state index contributed by atoms with van der Waals surface area (Å²) in [4.78, 5) is 4.59. The fourth-order valence-electron chi connectivity index (χ4n) is 3.19. The van der Waals surface area contributed by atoms with Crippen molar-refractivity contribution in [2.75, 3.05) is 0 Å². The van der Waals surface area contributed by atoms with Crippen molar-refractivity contribution in [2.24, 2.45) is 12.0 Å². The first kappa shape index (κ1) is 16.2. The zero-order valence-corrected chi connectivity index (χ0v) is 14.9. The van der Waals surface area contributed by atoms with Crippen LogP contribution in [0.5, 0.6) is 0 Å². The predicted octanol–water partition coefficient (Wildman–Crippen LogP) is 4.79. The Hall–Kier alpha value is -3.33. The van der Waals surface area contributed by atoms with Crippen molar-refractivity contribution in [2.45, 2.75) is 6.92 Å². The van der Waals surface area contributed by atoms with Crippen molar-refractivity contribution in [3.8, 4) is 11.3 Å². The van der Waals surface area contributed by atoms with Gasteiger partial charge in [-0.05, 0) is 40.0 Å². The molecule has 1 heterocycles. The summed E-state index contributed by atoms with van der Waals surface area (Å²) in [6.45, 7) is 2.16. The zero-order valence-electron chi connectivity index (χ0n) is 14.9. The van der Waals surface area contributed by atoms with Gasteiger partial charge in [0.05, 0.1) is 11.3 Å². The topological polar surface area (TPSA) is 29.1 Å². The van der Waals surface area contributed by atoms with Crippen LogP contribution >= 0.6 is 0 Å². The molecule has 3 heteroatoms. The normalized spacial score (nSPS) is 11.3. The molecule has 3 nitrogen and oxygen atoms in total. The standard InChI is InChI=1S/C23H20N3/c1-17-21-11-7-6-10-19(21)12-13-22(17)23-14-20(16-25-26(23)2)24-15-18-8-4-3-5-9-18/h3-16H,1-2H3/q+1. The third-order valence-electron chi connectivity index (χ3n) is 4.63. The number of nitrogens with zero attached hydrogens (tertiary/aromatic N) is 3. The third-order valence-corrected chi connectivity index (χ3v) is 4.63. The highest BCUT2D eigenvalue weighted by Gasteiger charge is 2.16. The van der Waals surface area contributed by atoms with Crippen LogP contribution in [0.1, 0.15) is 11.1 Å². The molecular formula is C23H20N3+. The van der Waals surface area contributed by atoms with Gasteiger partial charge in [0.2, 0.25) is 5.69 Å². The molecule has 0 saturated heterocycles. The van der Waals surface area contributed by atoms with Crippen LogP contribution in [0.25, 0.3) is 22.0 Å². The Morgan fingerprint density at radius 2 is 1.69 bits per heavy atom. The summed E-state index contributed by atoms with van der Waals surface area (Å²) in [5.41, 5.74) is 5.40. The molecule has 0 amide bonds. The molecular weight excluding hydrogens is 318 g/mol. The van der Waals surface area contributed by atoms with Crippen LogP contribution in [0.4, 0.5) is 5.69 Å². The van der Waals surface area contributed by atoms with Crippen molar-refractivity contribution in [3.05, 3.63) is 90.1 Å². The molecule has 4 rings (SSSR count). The van der Waals surface area contributed by atoms with Gasteiger partial charge in [-0.2, -0.15) is 0 Å². The molecule has 0 unspecified atom stereocenters. The van der Waals surface area contributed by atoms with Crippen molar-refractivity contribution in [1.29, 1.82) is 0 Å². The van der Waals surface area contributed by atoms with Gasteiger partial charge in [0, 0.05) is 12.3 Å². The average molecular weight is 338 g/mol. The maximum atomic E-state index is 4.59. The summed E-state index contributed by atoms with van der Waals surface area (Å²) in [5.74, 6) is 0. The van der Waals surface area contributed by atoms with E-state index in [9.17, 15) is 0 Å². The third kappa shape index (κ3) is 3.11. The number of benzene rings is 3. The summed E-state index contributed by atoms with van der Waals surface area (Å²) >= 11 is 0. The molecule has 26 heavy (non-hydrogen) atoms. The van der Waals surface area contributed by atoms with Gasteiger partial charge >= 0.3 is 0 Å². The highest BCUT2D eigenvalue weighted by molar-refractivity contribution is 5.91. The van der Waals surface area contributed by atoms with E-state index in [1.54, 1.807) is 6.20 Å². The van der Waals surface area contributed by atoms with Gasteiger partial charge in [0.25, 0.3) is 0 Å². The fourth-order valence-corrected chi connectivity index (χ4v) is 3.19. The van der Waals surface area contributed by atoms with E-state index in [1.807, 2.05) is 48.3 Å². The Kier molecular flexibility index (Phi) is 4.28. The van der Waals surface area contributed by atoms with Gasteiger partial charge in [-0.3, -0.25) is 4.99 Å². The summed E-state index contributed by atoms with van der Waals surface area (Å²) in [6.07, 6.45) is 3.66. The molecule has 0 bridgehead atoms. The number of aryl methyl sites for hydroxylation is 2. The fraction of sp³-hybridized carbons (Fsp3) is 0.0870. The quantitative estimate of drug-likeness (QED) is 0.390. The SMILES string of the molecule is Cc1c(-c2cc(N=Cc3ccccc3)cn[n+]2C)ccc2ccccc12. The summed E-state index contributed by atoms with van der Waals surface area (Å²) in [6, 6.07) is 25.0. The van der Waals surface area contributed by atoms with Crippen LogP contribution in [0.3, 0.4) is 0 Å². The average Bonchev–Trinajstić information content (AvgIpc) is 2.69. The van der Waals surface area contributed by atoms with Crippen molar-refractivity contribution >= 4 is 22.7 Å². The van der Waals surface area contributed by atoms with Crippen LogP contribution in [-0.4, -0.2) is 11.3 Å². The van der Waals surface area contributed by atoms with E-state index in [0.29, 0.717) is 0 Å². The van der Waals surface area contributed by atoms with Crippen LogP contribution < -0.4 is 4.68 Å². The molecule has 0 aliphatic carbocycles. The molecule has 0 aliphatic heterocycles. The number of fused-ring (bicyclic) bond motifs is 1. The molecule has 0 saturated carbocycles. The maximum Gasteiger partial charge on any atom is 0.241 e. The summed E-state index contributed by atoms with van der Waals surface area (Å²) in [7, 11) is 1.97. The molecule has 0 atom stereocenters. The van der Waals surface area contributed by atoms with Crippen LogP contribution in [0.15, 0.2) is 84.0 Å². The molecule has 3 aromatic carbocycles. The molecule has 1 aromatic heterocycles. The van der Waals surface area contributed by atoms with E-state index in [0.717, 1.165) is 16.9 Å². The second-order valence-corrected chi connectivity index (χ2v) is 6.35. The molecule has 0 N–H and O–H groups in total. The van der Waals surface area contributed by atoms with E-state index in [4.69, 9.17) is 0 Å². The lowest BCUT2D eigenvalue weighted by atomic mass is 9.98. The lowest BCUT2D eigenvalue weighted by Gasteiger charge is -2.07. The molecule has 4 aromatic rings. The number of hydrogen-bond acceptors (Lipinski definition) is 2. The molecule has 0 radical (unpaired) electrons. The van der Waals surface area contributed by atoms with Gasteiger partial charge in [-0.15, -0.1) is 0 Å². The first-order valence-corrected chi connectivity index (χ1v) is 8.66. The Morgan fingerprint density at radius 1 is 0.923 bits per heavy atom. The van der Waals surface area contributed by atoms with Crippen molar-refractivity contribution in [1.82, 2.24) is 5.10 Å². The molecule has 126 valence electrons. The van der Waals surface area contributed by atoms with Gasteiger partial charge in [0.15, 0.2) is 7.05 Å². The number of hydrogen-bond donors (Lipinski definition) is 0. The monoisotopic (exact) mass is 338 g/mol. The molecule has 0 spiro atoms.